The Morgan fingerprint density at radius 2 is 0.720 bits per heavy atom. The lowest BCUT2D eigenvalue weighted by Gasteiger charge is -2.22. The number of benzene rings is 9. The molecule has 0 aliphatic carbocycles. The maximum Gasteiger partial charge on any atom is 0.417 e. The molecule has 0 N–H and O–H groups in total. The molecule has 0 radical (unpaired) electrons. The zero-order chi connectivity index (χ0) is 58.8. The summed E-state index contributed by atoms with van der Waals surface area (Å²) in [5.41, 5.74) is -10.8. The molecule has 0 atom stereocenters. The number of fused-ring (bicyclic) bond motifs is 6. The van der Waals surface area contributed by atoms with Crippen molar-refractivity contribution < 1.29 is 79.0 Å². The normalized spacial score (nSPS) is 13.0. The van der Waals surface area contributed by atoms with Crippen LogP contribution in [-0.2, 0) is 37.1 Å². The monoisotopic (exact) mass is 1150 g/mol. The molecule has 0 unspecified atom stereocenters. The quantitative estimate of drug-likeness (QED) is 0.153. The number of hydrogen-bond donors (Lipinski definition) is 0. The third-order valence-electron chi connectivity index (χ3n) is 14.1. The second-order valence-electron chi connectivity index (χ2n) is 19.1. The molecule has 0 aliphatic rings. The van der Waals surface area contributed by atoms with E-state index in [9.17, 15) is 71.1 Å². The summed E-state index contributed by atoms with van der Waals surface area (Å²) < 4.78 is 259. The maximum atomic E-state index is 15.0. The fourth-order valence-corrected chi connectivity index (χ4v) is 10.5. The molecule has 2 heterocycles. The predicted octanol–water partition coefficient (Wildman–Crippen LogP) is 20.5. The molecule has 0 saturated heterocycles. The van der Waals surface area contributed by atoms with Gasteiger partial charge in [-0.05, 0) is 143 Å². The summed E-state index contributed by atoms with van der Waals surface area (Å²) in [6.45, 7) is 0. The molecule has 0 amide bonds. The maximum absolute atomic E-state index is 15.0. The molecule has 0 saturated carbocycles. The number of alkyl halides is 18. The van der Waals surface area contributed by atoms with Crippen LogP contribution in [0.25, 0.3) is 99.5 Å². The van der Waals surface area contributed by atoms with Gasteiger partial charge in [-0.3, -0.25) is 0 Å². The van der Waals surface area contributed by atoms with Crippen LogP contribution in [0.4, 0.5) is 79.0 Å². The standard InChI is InChI=1S/C61H29F18N3/c62-56(63,64)37-15-16-42(48(29-37)61(77,78)79)33-14-19-53(81-49-9-3-1-7-43(49)45-24-31(12-17-51(45)81)35-20-38(57(65,66)67)27-39(21-35)58(68,69)70)47(26-33)55-34(30-80)6-5-11-54(55)82-50-10-4-2-8-44(50)46-25-32(13-18-52(46)82)36-22-40(59(71,72)73)28-41(23-36)60(74,75)76/h1-29H. The Kier molecular flexibility index (Phi) is 12.7. The first-order chi connectivity index (χ1) is 38.4. The van der Waals surface area contributed by atoms with Crippen molar-refractivity contribution in [3.8, 4) is 62.0 Å². The van der Waals surface area contributed by atoms with Gasteiger partial charge >= 0.3 is 37.1 Å². The minimum atomic E-state index is -5.39. The Hall–Kier alpha value is -9.19. The number of hydrogen-bond acceptors (Lipinski definition) is 1. The van der Waals surface area contributed by atoms with Gasteiger partial charge in [0.1, 0.15) is 0 Å². The van der Waals surface area contributed by atoms with E-state index in [0.717, 1.165) is 0 Å². The van der Waals surface area contributed by atoms with Crippen LogP contribution in [0.5, 0.6) is 0 Å². The SMILES string of the molecule is N#Cc1cccc(-n2c3ccccc3c3cc(-c4cc(C(F)(F)F)cc(C(F)(F)F)c4)ccc32)c1-c1cc(-c2ccc(C(F)(F)F)cc2C(F)(F)F)ccc1-n1c2ccccc2c2cc(-c3cc(C(F)(F)F)cc(C(F)(F)F)c3)ccc21. The van der Waals surface area contributed by atoms with Crippen LogP contribution in [0.15, 0.2) is 176 Å². The van der Waals surface area contributed by atoms with Crippen molar-refractivity contribution in [1.82, 2.24) is 9.13 Å². The van der Waals surface area contributed by atoms with E-state index in [1.54, 1.807) is 57.7 Å². The molecule has 82 heavy (non-hydrogen) atoms. The third-order valence-corrected chi connectivity index (χ3v) is 14.1. The molecule has 21 heteroatoms. The summed E-state index contributed by atoms with van der Waals surface area (Å²) in [4.78, 5) is 0. The lowest BCUT2D eigenvalue weighted by molar-refractivity contribution is -0.144. The summed E-state index contributed by atoms with van der Waals surface area (Å²) in [5, 5.41) is 12.3. The van der Waals surface area contributed by atoms with Gasteiger partial charge in [-0.1, -0.05) is 66.7 Å². The van der Waals surface area contributed by atoms with Gasteiger partial charge in [0.2, 0.25) is 0 Å². The van der Waals surface area contributed by atoms with Crippen LogP contribution in [0.2, 0.25) is 0 Å². The highest BCUT2D eigenvalue weighted by atomic mass is 19.4. The highest BCUT2D eigenvalue weighted by Gasteiger charge is 2.41. The zero-order valence-corrected chi connectivity index (χ0v) is 40.9. The van der Waals surface area contributed by atoms with E-state index in [4.69, 9.17) is 0 Å². The van der Waals surface area contributed by atoms with Crippen LogP contribution in [0, 0.1) is 11.3 Å². The minimum absolute atomic E-state index is 0.0181. The Bertz CT molecular complexity index is 4380. The molecule has 2 aromatic heterocycles. The van der Waals surface area contributed by atoms with Crippen molar-refractivity contribution in [2.75, 3.05) is 0 Å². The van der Waals surface area contributed by atoms with Crippen molar-refractivity contribution in [3.63, 3.8) is 0 Å². The van der Waals surface area contributed by atoms with Gasteiger partial charge < -0.3 is 9.13 Å². The predicted molar refractivity (Wildman–Crippen MR) is 272 cm³/mol. The van der Waals surface area contributed by atoms with Crippen LogP contribution in [-0.4, -0.2) is 9.13 Å². The average molecular weight is 1150 g/mol. The molecule has 11 rings (SSSR count). The van der Waals surface area contributed by atoms with E-state index in [2.05, 4.69) is 6.07 Å². The van der Waals surface area contributed by atoms with Crippen LogP contribution < -0.4 is 0 Å². The fourth-order valence-electron chi connectivity index (χ4n) is 10.5. The molecule has 9 aromatic carbocycles. The van der Waals surface area contributed by atoms with E-state index >= 15 is 13.2 Å². The largest absolute Gasteiger partial charge is 0.417 e. The molecular weight excluding hydrogens is 1120 g/mol. The molecule has 11 aromatic rings. The molecule has 3 nitrogen and oxygen atoms in total. The lowest BCUT2D eigenvalue weighted by Crippen LogP contribution is -2.12. The van der Waals surface area contributed by atoms with Crippen molar-refractivity contribution in [1.29, 1.82) is 5.26 Å². The number of nitrogens with zero attached hydrogens (tertiary/aromatic N) is 3. The number of nitriles is 1. The van der Waals surface area contributed by atoms with E-state index in [-0.39, 0.29) is 84.8 Å². The van der Waals surface area contributed by atoms with E-state index in [0.29, 0.717) is 58.2 Å². The second kappa shape index (κ2) is 19.0. The molecule has 0 spiro atoms. The van der Waals surface area contributed by atoms with E-state index in [1.807, 2.05) is 0 Å². The van der Waals surface area contributed by atoms with Gasteiger partial charge in [0.25, 0.3) is 0 Å². The second-order valence-corrected chi connectivity index (χ2v) is 19.1. The molecule has 414 valence electrons. The fraction of sp³-hybridized carbons (Fsp3) is 0.0984. The van der Waals surface area contributed by atoms with Crippen molar-refractivity contribution in [2.45, 2.75) is 37.1 Å². The smallest absolute Gasteiger partial charge is 0.309 e. The molecule has 0 fully saturated rings. The van der Waals surface area contributed by atoms with Gasteiger partial charge in [-0.25, -0.2) is 0 Å². The Balaban J connectivity index is 1.21. The number of rotatable bonds is 6. The van der Waals surface area contributed by atoms with Gasteiger partial charge in [0, 0.05) is 32.7 Å². The summed E-state index contributed by atoms with van der Waals surface area (Å²) in [7, 11) is 0. The minimum Gasteiger partial charge on any atom is -0.309 e. The third kappa shape index (κ3) is 9.68. The summed E-state index contributed by atoms with van der Waals surface area (Å²) in [5.74, 6) is 0. The molecular formula is C61H29F18N3. The topological polar surface area (TPSA) is 33.6 Å². The van der Waals surface area contributed by atoms with Crippen LogP contribution in [0.3, 0.4) is 0 Å². The first-order valence-corrected chi connectivity index (χ1v) is 24.0. The number of para-hydroxylation sites is 2. The highest BCUT2D eigenvalue weighted by Crippen LogP contribution is 2.49. The van der Waals surface area contributed by atoms with E-state index in [1.165, 1.54) is 72.8 Å². The summed E-state index contributed by atoms with van der Waals surface area (Å²) in [6.07, 6.45) is -31.4. The summed E-state index contributed by atoms with van der Waals surface area (Å²) >= 11 is 0. The van der Waals surface area contributed by atoms with Gasteiger partial charge in [-0.15, -0.1) is 0 Å². The lowest BCUT2D eigenvalue weighted by atomic mass is 9.90. The Morgan fingerprint density at radius 1 is 0.293 bits per heavy atom. The summed E-state index contributed by atoms with van der Waals surface area (Å²) in [6, 6.07) is 34.1. The molecule has 0 aliphatic heterocycles. The first kappa shape index (κ1) is 54.8. The zero-order valence-electron chi connectivity index (χ0n) is 40.9. The Morgan fingerprint density at radius 3 is 1.16 bits per heavy atom. The van der Waals surface area contributed by atoms with Crippen LogP contribution >= 0.6 is 0 Å². The van der Waals surface area contributed by atoms with Crippen molar-refractivity contribution in [2.24, 2.45) is 0 Å². The van der Waals surface area contributed by atoms with Gasteiger partial charge in [-0.2, -0.15) is 84.3 Å². The van der Waals surface area contributed by atoms with Gasteiger partial charge in [0.15, 0.2) is 0 Å². The number of aromatic nitrogens is 2. The Labute approximate surface area is 449 Å². The van der Waals surface area contributed by atoms with Crippen molar-refractivity contribution in [3.05, 3.63) is 215 Å². The van der Waals surface area contributed by atoms with Crippen molar-refractivity contribution >= 4 is 43.6 Å². The van der Waals surface area contributed by atoms with Gasteiger partial charge in [0.05, 0.1) is 78.5 Å². The molecule has 0 bridgehead atoms. The average Bonchev–Trinajstić information content (AvgIpc) is 1.99. The number of halogens is 18. The first-order valence-electron chi connectivity index (χ1n) is 24.0. The highest BCUT2D eigenvalue weighted by molar-refractivity contribution is 6.13. The van der Waals surface area contributed by atoms with E-state index < -0.39 is 87.1 Å². The van der Waals surface area contributed by atoms with Crippen LogP contribution in [0.1, 0.15) is 38.9 Å².